The van der Waals surface area contributed by atoms with Crippen molar-refractivity contribution >= 4 is 41.0 Å². The molecule has 1 aromatic heterocycles. The summed E-state index contributed by atoms with van der Waals surface area (Å²) in [5.41, 5.74) is 3.83. The Bertz CT molecular complexity index is 1540. The fourth-order valence-electron chi connectivity index (χ4n) is 5.07. The highest BCUT2D eigenvalue weighted by atomic mass is 35.5. The van der Waals surface area contributed by atoms with Crippen LogP contribution < -0.4 is 4.90 Å². The lowest BCUT2D eigenvalue weighted by Gasteiger charge is -2.30. The van der Waals surface area contributed by atoms with Gasteiger partial charge in [-0.2, -0.15) is 5.10 Å². The Kier molecular flexibility index (Phi) is 7.60. The number of anilines is 1. The first-order valence-corrected chi connectivity index (χ1v) is 14.4. The number of benzene rings is 3. The van der Waals surface area contributed by atoms with E-state index in [0.29, 0.717) is 48.5 Å². The van der Waals surface area contributed by atoms with Gasteiger partial charge in [0.15, 0.2) is 0 Å². The fourth-order valence-corrected chi connectivity index (χ4v) is 6.46. The van der Waals surface area contributed by atoms with Gasteiger partial charge in [0.25, 0.3) is 0 Å². The van der Waals surface area contributed by atoms with Gasteiger partial charge in [0.2, 0.25) is 11.8 Å². The molecule has 0 N–H and O–H groups in total. The monoisotopic (exact) mass is 576 g/mol. The van der Waals surface area contributed by atoms with Crippen LogP contribution in [0.4, 0.5) is 10.2 Å². The number of carbonyl (C=O) groups is 2. The number of halogens is 2. The van der Waals surface area contributed by atoms with E-state index in [1.54, 1.807) is 21.7 Å². The second kappa shape index (κ2) is 11.4. The van der Waals surface area contributed by atoms with Crippen molar-refractivity contribution in [2.45, 2.75) is 5.25 Å². The molecule has 204 valence electrons. The van der Waals surface area contributed by atoms with Crippen LogP contribution in [0.3, 0.4) is 0 Å². The second-order valence-corrected chi connectivity index (χ2v) is 11.1. The zero-order valence-electron chi connectivity index (χ0n) is 21.5. The maximum atomic E-state index is 13.9. The van der Waals surface area contributed by atoms with E-state index < -0.39 is 0 Å². The summed E-state index contributed by atoms with van der Waals surface area (Å²) in [6, 6.07) is 23.3. The van der Waals surface area contributed by atoms with Gasteiger partial charge in [-0.3, -0.25) is 14.5 Å². The molecule has 10 heteroatoms. The first kappa shape index (κ1) is 26.6. The average Bonchev–Trinajstić information content (AvgIpc) is 3.30. The van der Waals surface area contributed by atoms with E-state index in [0.717, 1.165) is 16.7 Å². The smallest absolute Gasteiger partial charge is 0.242 e. The molecule has 1 atom stereocenters. The summed E-state index contributed by atoms with van der Waals surface area (Å²) in [5, 5.41) is 5.30. The molecule has 3 heterocycles. The van der Waals surface area contributed by atoms with Crippen LogP contribution in [0.5, 0.6) is 0 Å². The Morgan fingerprint density at radius 1 is 1.02 bits per heavy atom. The molecule has 0 spiro atoms. The molecule has 2 aliphatic rings. The maximum Gasteiger partial charge on any atom is 0.242 e. The number of hydrogen-bond donors (Lipinski definition) is 0. The van der Waals surface area contributed by atoms with Crippen molar-refractivity contribution in [3.63, 3.8) is 0 Å². The third kappa shape index (κ3) is 5.24. The third-order valence-corrected chi connectivity index (χ3v) is 8.51. The van der Waals surface area contributed by atoms with Gasteiger partial charge in [0.05, 0.1) is 35.6 Å². The van der Waals surface area contributed by atoms with Crippen LogP contribution in [0.25, 0.3) is 16.9 Å². The highest BCUT2D eigenvalue weighted by molar-refractivity contribution is 8.00. The van der Waals surface area contributed by atoms with E-state index in [-0.39, 0.29) is 35.2 Å². The van der Waals surface area contributed by atoms with Crippen molar-refractivity contribution in [1.82, 2.24) is 14.7 Å². The SMILES string of the molecule is O=C(CN1C(=O)CS[C@@H](c2cccc(Cl)c2)c2c(-c3ccccc3)nn(-c3ccc(F)cc3)c21)N1CCOCC1. The molecular formula is C30H26ClFN4O3S. The summed E-state index contributed by atoms with van der Waals surface area (Å²) in [5.74, 6) is -0.109. The van der Waals surface area contributed by atoms with Crippen molar-refractivity contribution in [2.24, 2.45) is 0 Å². The predicted octanol–water partition coefficient (Wildman–Crippen LogP) is 5.36. The van der Waals surface area contributed by atoms with Gasteiger partial charge in [-0.15, -0.1) is 11.8 Å². The van der Waals surface area contributed by atoms with Crippen LogP contribution in [0.1, 0.15) is 16.4 Å². The minimum Gasteiger partial charge on any atom is -0.378 e. The number of aromatic nitrogens is 2. The summed E-state index contributed by atoms with van der Waals surface area (Å²) in [6.07, 6.45) is 0. The topological polar surface area (TPSA) is 67.7 Å². The molecule has 3 aromatic carbocycles. The number of morpholine rings is 1. The molecule has 0 bridgehead atoms. The van der Waals surface area contributed by atoms with Gasteiger partial charge in [0, 0.05) is 29.2 Å². The Morgan fingerprint density at radius 3 is 2.50 bits per heavy atom. The number of carbonyl (C=O) groups excluding carboxylic acids is 2. The van der Waals surface area contributed by atoms with E-state index >= 15 is 0 Å². The van der Waals surface area contributed by atoms with Gasteiger partial charge >= 0.3 is 0 Å². The van der Waals surface area contributed by atoms with Gasteiger partial charge in [-0.1, -0.05) is 54.1 Å². The summed E-state index contributed by atoms with van der Waals surface area (Å²) in [6.45, 7) is 1.72. The van der Waals surface area contributed by atoms with Crippen molar-refractivity contribution in [2.75, 3.05) is 43.5 Å². The Labute approximate surface area is 240 Å². The average molecular weight is 577 g/mol. The largest absolute Gasteiger partial charge is 0.378 e. The summed E-state index contributed by atoms with van der Waals surface area (Å²) >= 11 is 7.89. The van der Waals surface area contributed by atoms with Gasteiger partial charge in [0.1, 0.15) is 18.2 Å². The Balaban J connectivity index is 1.58. The molecule has 0 radical (unpaired) electrons. The van der Waals surface area contributed by atoms with Crippen LogP contribution in [-0.2, 0) is 14.3 Å². The third-order valence-electron chi connectivity index (χ3n) is 7.02. The molecule has 0 aliphatic carbocycles. The lowest BCUT2D eigenvalue weighted by Crippen LogP contribution is -2.48. The van der Waals surface area contributed by atoms with Gasteiger partial charge < -0.3 is 9.64 Å². The Morgan fingerprint density at radius 2 is 1.77 bits per heavy atom. The minimum atomic E-state index is -0.381. The molecule has 6 rings (SSSR count). The molecule has 7 nitrogen and oxygen atoms in total. The highest BCUT2D eigenvalue weighted by Gasteiger charge is 2.38. The first-order chi connectivity index (χ1) is 19.5. The molecule has 1 fully saturated rings. The van der Waals surface area contributed by atoms with Crippen molar-refractivity contribution < 1.29 is 18.7 Å². The van der Waals surface area contributed by atoms with Crippen LogP contribution in [0.2, 0.25) is 5.02 Å². The molecule has 0 unspecified atom stereocenters. The second-order valence-electron chi connectivity index (χ2n) is 9.56. The van der Waals surface area contributed by atoms with Gasteiger partial charge in [-0.25, -0.2) is 9.07 Å². The summed E-state index contributed by atoms with van der Waals surface area (Å²) in [4.78, 5) is 30.5. The van der Waals surface area contributed by atoms with Crippen LogP contribution in [0.15, 0.2) is 78.9 Å². The zero-order chi connectivity index (χ0) is 27.6. The van der Waals surface area contributed by atoms with Gasteiger partial charge in [-0.05, 0) is 42.0 Å². The quantitative estimate of drug-likeness (QED) is 0.320. The number of hydrogen-bond acceptors (Lipinski definition) is 5. The first-order valence-electron chi connectivity index (χ1n) is 13.0. The van der Waals surface area contributed by atoms with E-state index in [2.05, 4.69) is 0 Å². The summed E-state index contributed by atoms with van der Waals surface area (Å²) in [7, 11) is 0. The van der Waals surface area contributed by atoms with E-state index in [9.17, 15) is 14.0 Å². The maximum absolute atomic E-state index is 13.9. The molecule has 1 saturated heterocycles. The molecule has 2 aliphatic heterocycles. The molecule has 0 saturated carbocycles. The van der Waals surface area contributed by atoms with Crippen LogP contribution in [0, 0.1) is 5.82 Å². The van der Waals surface area contributed by atoms with Crippen molar-refractivity contribution in [1.29, 1.82) is 0 Å². The standard InChI is InChI=1S/C30H26ClFN4O3S/c31-22-8-4-7-21(17-22)29-27-28(20-5-2-1-3-6-20)33-36(24-11-9-23(32)10-12-24)30(27)35(26(38)19-40-29)18-25(37)34-13-15-39-16-14-34/h1-12,17,29H,13-16,18-19H2/t29-/m0/s1. The van der Waals surface area contributed by atoms with Crippen LogP contribution in [-0.4, -0.2) is 65.1 Å². The van der Waals surface area contributed by atoms with E-state index in [1.165, 1.54) is 28.8 Å². The Hall–Kier alpha value is -3.66. The van der Waals surface area contributed by atoms with Crippen molar-refractivity contribution in [3.05, 3.63) is 101 Å². The number of rotatable bonds is 5. The van der Waals surface area contributed by atoms with E-state index in [4.69, 9.17) is 21.4 Å². The molecular weight excluding hydrogens is 551 g/mol. The lowest BCUT2D eigenvalue weighted by atomic mass is 9.99. The van der Waals surface area contributed by atoms with E-state index in [1.807, 2.05) is 54.6 Å². The predicted molar refractivity (Wildman–Crippen MR) is 154 cm³/mol. The zero-order valence-corrected chi connectivity index (χ0v) is 23.1. The van der Waals surface area contributed by atoms with Crippen LogP contribution >= 0.6 is 23.4 Å². The summed E-state index contributed by atoms with van der Waals surface area (Å²) < 4.78 is 21.0. The number of amides is 2. The normalized spacial score (nSPS) is 17.4. The lowest BCUT2D eigenvalue weighted by molar-refractivity contribution is -0.134. The number of fused-ring (bicyclic) bond motifs is 1. The number of thioether (sulfide) groups is 1. The number of ether oxygens (including phenoxy) is 1. The number of nitrogens with zero attached hydrogens (tertiary/aromatic N) is 4. The molecule has 40 heavy (non-hydrogen) atoms. The fraction of sp³-hybridized carbons (Fsp3) is 0.233. The molecule has 2 amide bonds. The highest BCUT2D eigenvalue weighted by Crippen LogP contribution is 2.48. The molecule has 4 aromatic rings. The minimum absolute atomic E-state index is 0.143. The van der Waals surface area contributed by atoms with Crippen molar-refractivity contribution in [3.8, 4) is 16.9 Å².